The lowest BCUT2D eigenvalue weighted by Crippen LogP contribution is -2.23. The number of rotatable bonds is 6. The van der Waals surface area contributed by atoms with Crippen molar-refractivity contribution in [2.45, 2.75) is 19.6 Å². The van der Waals surface area contributed by atoms with Crippen molar-refractivity contribution in [3.05, 3.63) is 17.7 Å². The van der Waals surface area contributed by atoms with Gasteiger partial charge in [0, 0.05) is 25.0 Å². The summed E-state index contributed by atoms with van der Waals surface area (Å²) in [6.45, 7) is 1.57. The average Bonchev–Trinajstić information content (AvgIpc) is 2.56. The minimum atomic E-state index is -4.25. The summed E-state index contributed by atoms with van der Waals surface area (Å²) in [6.07, 6.45) is -2.57. The Morgan fingerprint density at radius 2 is 2.25 bits per heavy atom. The number of H-pyrrole nitrogens is 1. The summed E-state index contributed by atoms with van der Waals surface area (Å²) in [6, 6.07) is 0. The number of nitrogens with one attached hydrogen (secondary N) is 2. The first kappa shape index (κ1) is 13.0. The van der Waals surface area contributed by atoms with E-state index in [-0.39, 0.29) is 6.61 Å². The van der Waals surface area contributed by atoms with Crippen molar-refractivity contribution in [1.82, 2.24) is 15.3 Å². The molecule has 1 aromatic heterocycles. The molecule has 0 fully saturated rings. The second-order valence-electron chi connectivity index (χ2n) is 3.34. The van der Waals surface area contributed by atoms with Crippen LogP contribution in [0.3, 0.4) is 0 Å². The van der Waals surface area contributed by atoms with Gasteiger partial charge in [-0.2, -0.15) is 13.2 Å². The van der Waals surface area contributed by atoms with Gasteiger partial charge in [-0.05, 0) is 6.92 Å². The van der Waals surface area contributed by atoms with Crippen LogP contribution >= 0.6 is 0 Å². The van der Waals surface area contributed by atoms with Gasteiger partial charge in [0.15, 0.2) is 0 Å². The molecule has 0 aromatic carbocycles. The summed E-state index contributed by atoms with van der Waals surface area (Å²) in [5, 5.41) is 2.94. The lowest BCUT2D eigenvalue weighted by molar-refractivity contribution is -0.173. The molecule has 2 N–H and O–H groups in total. The molecule has 0 aliphatic carbocycles. The molecule has 0 amide bonds. The van der Waals surface area contributed by atoms with Crippen LogP contribution < -0.4 is 5.32 Å². The van der Waals surface area contributed by atoms with E-state index in [1.165, 1.54) is 0 Å². The summed E-state index contributed by atoms with van der Waals surface area (Å²) in [5.74, 6) is 0.810. The number of imidazole rings is 1. The molecular weight excluding hydrogens is 223 g/mol. The molecule has 0 spiro atoms. The van der Waals surface area contributed by atoms with Gasteiger partial charge in [0.05, 0.1) is 6.61 Å². The number of hydrogen-bond donors (Lipinski definition) is 2. The van der Waals surface area contributed by atoms with Gasteiger partial charge in [-0.3, -0.25) is 0 Å². The van der Waals surface area contributed by atoms with E-state index in [0.717, 1.165) is 11.5 Å². The fourth-order valence-electron chi connectivity index (χ4n) is 1.12. The van der Waals surface area contributed by atoms with E-state index in [4.69, 9.17) is 0 Å². The van der Waals surface area contributed by atoms with Crippen LogP contribution in [0.5, 0.6) is 0 Å². The molecule has 0 bridgehead atoms. The standard InChI is InChI=1S/C9H14F3N3O/c1-7-14-5-8(15-7)4-13-2-3-16-6-9(10,11)12/h5,13H,2-4,6H2,1H3,(H,14,15). The lowest BCUT2D eigenvalue weighted by Gasteiger charge is -2.07. The first-order valence-electron chi connectivity index (χ1n) is 4.83. The Labute approximate surface area is 91.2 Å². The lowest BCUT2D eigenvalue weighted by atomic mass is 10.4. The topological polar surface area (TPSA) is 49.9 Å². The molecule has 0 saturated heterocycles. The van der Waals surface area contributed by atoms with Crippen LogP contribution in [-0.2, 0) is 11.3 Å². The normalized spacial score (nSPS) is 12.0. The Balaban J connectivity index is 2.00. The van der Waals surface area contributed by atoms with Gasteiger partial charge in [-0.25, -0.2) is 4.98 Å². The van der Waals surface area contributed by atoms with E-state index in [1.54, 1.807) is 6.20 Å². The Morgan fingerprint density at radius 1 is 1.50 bits per heavy atom. The van der Waals surface area contributed by atoms with Gasteiger partial charge in [0.1, 0.15) is 12.4 Å². The number of ether oxygens (including phenoxy) is 1. The second kappa shape index (κ2) is 5.86. The van der Waals surface area contributed by atoms with Crippen LogP contribution in [0.1, 0.15) is 11.5 Å². The molecule has 0 radical (unpaired) electrons. The second-order valence-corrected chi connectivity index (χ2v) is 3.34. The van der Waals surface area contributed by atoms with Crippen molar-refractivity contribution < 1.29 is 17.9 Å². The minimum Gasteiger partial charge on any atom is -0.371 e. The number of aromatic amines is 1. The quantitative estimate of drug-likeness (QED) is 0.735. The van der Waals surface area contributed by atoms with Crippen LogP contribution in [0.4, 0.5) is 13.2 Å². The predicted octanol–water partition coefficient (Wildman–Crippen LogP) is 1.39. The molecule has 0 saturated carbocycles. The molecule has 4 nitrogen and oxygen atoms in total. The molecule has 7 heteroatoms. The fourth-order valence-corrected chi connectivity index (χ4v) is 1.12. The van der Waals surface area contributed by atoms with Crippen molar-refractivity contribution in [2.24, 2.45) is 0 Å². The van der Waals surface area contributed by atoms with E-state index >= 15 is 0 Å². The molecule has 0 atom stereocenters. The summed E-state index contributed by atoms with van der Waals surface area (Å²) in [5.41, 5.74) is 0.897. The van der Waals surface area contributed by atoms with Crippen molar-refractivity contribution in [2.75, 3.05) is 19.8 Å². The maximum absolute atomic E-state index is 11.7. The van der Waals surface area contributed by atoms with Gasteiger partial charge >= 0.3 is 6.18 Å². The van der Waals surface area contributed by atoms with E-state index in [9.17, 15) is 13.2 Å². The van der Waals surface area contributed by atoms with Crippen molar-refractivity contribution >= 4 is 0 Å². The third-order valence-electron chi connectivity index (χ3n) is 1.76. The highest BCUT2D eigenvalue weighted by atomic mass is 19.4. The number of alkyl halides is 3. The van der Waals surface area contributed by atoms with Gasteiger partial charge in [0.25, 0.3) is 0 Å². The molecule has 1 heterocycles. The molecule has 0 aliphatic heterocycles. The highest BCUT2D eigenvalue weighted by molar-refractivity contribution is 4.98. The van der Waals surface area contributed by atoms with Gasteiger partial charge in [0.2, 0.25) is 0 Å². The summed E-state index contributed by atoms with van der Waals surface area (Å²) in [4.78, 5) is 6.99. The SMILES string of the molecule is Cc1ncc(CNCCOCC(F)(F)F)[nH]1. The van der Waals surface area contributed by atoms with Crippen LogP contribution in [0.15, 0.2) is 6.20 Å². The number of hydrogen-bond acceptors (Lipinski definition) is 3. The smallest absolute Gasteiger partial charge is 0.371 e. The highest BCUT2D eigenvalue weighted by Gasteiger charge is 2.27. The van der Waals surface area contributed by atoms with E-state index in [2.05, 4.69) is 20.0 Å². The average molecular weight is 237 g/mol. The maximum Gasteiger partial charge on any atom is 0.411 e. The Morgan fingerprint density at radius 3 is 2.81 bits per heavy atom. The first-order chi connectivity index (χ1) is 7.47. The van der Waals surface area contributed by atoms with Gasteiger partial charge in [-0.1, -0.05) is 0 Å². The monoisotopic (exact) mass is 237 g/mol. The van der Waals surface area contributed by atoms with Crippen molar-refractivity contribution in [1.29, 1.82) is 0 Å². The third kappa shape index (κ3) is 5.72. The number of aromatic nitrogens is 2. The highest BCUT2D eigenvalue weighted by Crippen LogP contribution is 2.13. The van der Waals surface area contributed by atoms with E-state index in [0.29, 0.717) is 13.1 Å². The number of aryl methyl sites for hydroxylation is 1. The summed E-state index contributed by atoms with van der Waals surface area (Å²) in [7, 11) is 0. The molecule has 92 valence electrons. The Kier molecular flexibility index (Phi) is 4.75. The number of halogens is 3. The van der Waals surface area contributed by atoms with E-state index < -0.39 is 12.8 Å². The van der Waals surface area contributed by atoms with Crippen LogP contribution in [-0.4, -0.2) is 35.9 Å². The molecule has 16 heavy (non-hydrogen) atoms. The Bertz CT molecular complexity index is 311. The minimum absolute atomic E-state index is 0.0344. The summed E-state index contributed by atoms with van der Waals surface area (Å²) < 4.78 is 39.4. The first-order valence-corrected chi connectivity index (χ1v) is 4.83. The van der Waals surface area contributed by atoms with Crippen molar-refractivity contribution in [3.8, 4) is 0 Å². The van der Waals surface area contributed by atoms with Gasteiger partial charge < -0.3 is 15.0 Å². The number of nitrogens with zero attached hydrogens (tertiary/aromatic N) is 1. The predicted molar refractivity (Wildman–Crippen MR) is 51.9 cm³/mol. The molecule has 0 aliphatic rings. The molecule has 0 unspecified atom stereocenters. The van der Waals surface area contributed by atoms with E-state index in [1.807, 2.05) is 6.92 Å². The Hall–Kier alpha value is -1.08. The zero-order chi connectivity index (χ0) is 12.0. The van der Waals surface area contributed by atoms with Crippen molar-refractivity contribution in [3.63, 3.8) is 0 Å². The summed E-state index contributed by atoms with van der Waals surface area (Å²) >= 11 is 0. The third-order valence-corrected chi connectivity index (χ3v) is 1.76. The largest absolute Gasteiger partial charge is 0.411 e. The van der Waals surface area contributed by atoms with Crippen LogP contribution in [0, 0.1) is 6.92 Å². The molecule has 1 aromatic rings. The van der Waals surface area contributed by atoms with Crippen LogP contribution in [0.2, 0.25) is 0 Å². The molecule has 1 rings (SSSR count). The molecular formula is C9H14F3N3O. The fraction of sp³-hybridized carbons (Fsp3) is 0.667. The zero-order valence-electron chi connectivity index (χ0n) is 8.90. The van der Waals surface area contributed by atoms with Crippen LogP contribution in [0.25, 0.3) is 0 Å². The maximum atomic E-state index is 11.7. The van der Waals surface area contributed by atoms with Gasteiger partial charge in [-0.15, -0.1) is 0 Å². The zero-order valence-corrected chi connectivity index (χ0v) is 8.90.